The highest BCUT2D eigenvalue weighted by molar-refractivity contribution is 6.08. The van der Waals surface area contributed by atoms with Gasteiger partial charge in [-0.1, -0.05) is 54.6 Å². The van der Waals surface area contributed by atoms with Crippen LogP contribution >= 0.6 is 0 Å². The van der Waals surface area contributed by atoms with E-state index in [2.05, 4.69) is 30.3 Å². The fourth-order valence-electron chi connectivity index (χ4n) is 4.74. The molecule has 1 amide bonds. The summed E-state index contributed by atoms with van der Waals surface area (Å²) in [6.45, 7) is 0. The molecule has 5 rings (SSSR count). The third-order valence-corrected chi connectivity index (χ3v) is 6.12. The van der Waals surface area contributed by atoms with Crippen LogP contribution in [0.4, 0.5) is 5.69 Å². The Morgan fingerprint density at radius 3 is 2.50 bits per heavy atom. The molecule has 1 aliphatic carbocycles. The standard InChI is InChI=1S/C26H20N2O2/c27-16-20-8-3-4-9-22(20)28-23-10-5-11-24(29)26(23)21(15-25(28)30)19-13-12-17-6-1-2-7-18(17)14-19/h1-4,6-9,12-14,21H,5,10-11,15H2. The Labute approximate surface area is 175 Å². The van der Waals surface area contributed by atoms with Gasteiger partial charge in [-0.25, -0.2) is 0 Å². The van der Waals surface area contributed by atoms with Gasteiger partial charge in [0.1, 0.15) is 6.07 Å². The second-order valence-electron chi connectivity index (χ2n) is 7.86. The molecule has 0 N–H and O–H groups in total. The number of hydrogen-bond donors (Lipinski definition) is 0. The molecular formula is C26H20N2O2. The van der Waals surface area contributed by atoms with Crippen molar-refractivity contribution < 1.29 is 9.59 Å². The summed E-state index contributed by atoms with van der Waals surface area (Å²) in [6, 6.07) is 23.6. The van der Waals surface area contributed by atoms with E-state index in [1.807, 2.05) is 24.3 Å². The van der Waals surface area contributed by atoms with E-state index in [4.69, 9.17) is 0 Å². The highest BCUT2D eigenvalue weighted by Gasteiger charge is 2.40. The molecule has 1 aliphatic heterocycles. The summed E-state index contributed by atoms with van der Waals surface area (Å²) in [5.41, 5.74) is 3.52. The van der Waals surface area contributed by atoms with Crippen molar-refractivity contribution >= 4 is 28.2 Å². The summed E-state index contributed by atoms with van der Waals surface area (Å²) in [4.78, 5) is 28.0. The number of carbonyl (C=O) groups excluding carboxylic acids is 2. The van der Waals surface area contributed by atoms with Crippen LogP contribution in [0.15, 0.2) is 78.0 Å². The first-order valence-corrected chi connectivity index (χ1v) is 10.2. The van der Waals surface area contributed by atoms with Crippen LogP contribution in [-0.4, -0.2) is 11.7 Å². The molecule has 146 valence electrons. The number of para-hydroxylation sites is 1. The van der Waals surface area contributed by atoms with Crippen LogP contribution in [-0.2, 0) is 9.59 Å². The van der Waals surface area contributed by atoms with E-state index in [9.17, 15) is 14.9 Å². The monoisotopic (exact) mass is 392 g/mol. The molecule has 3 aromatic rings. The maximum atomic E-state index is 13.3. The van der Waals surface area contributed by atoms with Crippen molar-refractivity contribution in [2.45, 2.75) is 31.6 Å². The number of carbonyl (C=O) groups is 2. The predicted octanol–water partition coefficient (Wildman–Crippen LogP) is 5.24. The van der Waals surface area contributed by atoms with E-state index in [1.54, 1.807) is 23.1 Å². The van der Waals surface area contributed by atoms with Crippen LogP contribution in [0, 0.1) is 11.3 Å². The van der Waals surface area contributed by atoms with Crippen LogP contribution in [0.1, 0.15) is 42.7 Å². The van der Waals surface area contributed by atoms with E-state index in [-0.39, 0.29) is 24.0 Å². The topological polar surface area (TPSA) is 61.2 Å². The van der Waals surface area contributed by atoms with Crippen LogP contribution in [0.5, 0.6) is 0 Å². The quantitative estimate of drug-likeness (QED) is 0.599. The van der Waals surface area contributed by atoms with Crippen molar-refractivity contribution in [2.75, 3.05) is 4.90 Å². The summed E-state index contributed by atoms with van der Waals surface area (Å²) in [5, 5.41) is 11.8. The molecule has 1 unspecified atom stereocenters. The highest BCUT2D eigenvalue weighted by Crippen LogP contribution is 2.44. The Morgan fingerprint density at radius 1 is 0.900 bits per heavy atom. The van der Waals surface area contributed by atoms with Gasteiger partial charge < -0.3 is 0 Å². The maximum Gasteiger partial charge on any atom is 0.232 e. The van der Waals surface area contributed by atoms with Crippen LogP contribution in [0.3, 0.4) is 0 Å². The van der Waals surface area contributed by atoms with Crippen molar-refractivity contribution in [1.82, 2.24) is 0 Å². The Balaban J connectivity index is 1.68. The normalized spacial score (nSPS) is 19.0. The number of nitriles is 1. The molecule has 4 heteroatoms. The lowest BCUT2D eigenvalue weighted by Gasteiger charge is -2.38. The van der Waals surface area contributed by atoms with Gasteiger partial charge >= 0.3 is 0 Å². The lowest BCUT2D eigenvalue weighted by molar-refractivity contribution is -0.119. The molecular weight excluding hydrogens is 372 g/mol. The maximum absolute atomic E-state index is 13.3. The fourth-order valence-corrected chi connectivity index (χ4v) is 4.74. The van der Waals surface area contributed by atoms with Gasteiger partial charge in [-0.2, -0.15) is 5.26 Å². The summed E-state index contributed by atoms with van der Waals surface area (Å²) in [7, 11) is 0. The lowest BCUT2D eigenvalue weighted by atomic mass is 9.76. The van der Waals surface area contributed by atoms with Crippen LogP contribution < -0.4 is 4.90 Å². The van der Waals surface area contributed by atoms with Gasteiger partial charge in [0, 0.05) is 30.0 Å². The molecule has 0 spiro atoms. The zero-order chi connectivity index (χ0) is 20.7. The number of Topliss-reactive ketones (excluding diaryl/α,β-unsaturated/α-hetero) is 1. The van der Waals surface area contributed by atoms with E-state index in [0.717, 1.165) is 34.0 Å². The Morgan fingerprint density at radius 2 is 1.67 bits per heavy atom. The van der Waals surface area contributed by atoms with Gasteiger partial charge in [0.25, 0.3) is 0 Å². The number of rotatable bonds is 2. The third-order valence-electron chi connectivity index (χ3n) is 6.12. The number of hydrogen-bond acceptors (Lipinski definition) is 3. The van der Waals surface area contributed by atoms with Crippen molar-refractivity contribution in [2.24, 2.45) is 0 Å². The van der Waals surface area contributed by atoms with E-state index in [0.29, 0.717) is 24.1 Å². The molecule has 4 nitrogen and oxygen atoms in total. The minimum absolute atomic E-state index is 0.0655. The highest BCUT2D eigenvalue weighted by atomic mass is 16.2. The second kappa shape index (κ2) is 7.27. The van der Waals surface area contributed by atoms with E-state index < -0.39 is 0 Å². The summed E-state index contributed by atoms with van der Waals surface area (Å²) < 4.78 is 0. The molecule has 1 atom stereocenters. The number of ketones is 1. The molecule has 0 saturated heterocycles. The largest absolute Gasteiger partial charge is 0.294 e. The minimum atomic E-state index is -0.240. The smallest absolute Gasteiger partial charge is 0.232 e. The molecule has 0 saturated carbocycles. The number of allylic oxidation sites excluding steroid dienone is 2. The van der Waals surface area contributed by atoms with E-state index in [1.165, 1.54) is 0 Å². The molecule has 30 heavy (non-hydrogen) atoms. The molecule has 0 radical (unpaired) electrons. The van der Waals surface area contributed by atoms with Crippen molar-refractivity contribution in [3.8, 4) is 6.07 Å². The number of fused-ring (bicyclic) bond motifs is 1. The van der Waals surface area contributed by atoms with Gasteiger partial charge in [-0.3, -0.25) is 14.5 Å². The average Bonchev–Trinajstić information content (AvgIpc) is 2.78. The predicted molar refractivity (Wildman–Crippen MR) is 116 cm³/mol. The lowest BCUT2D eigenvalue weighted by Crippen LogP contribution is -2.40. The summed E-state index contributed by atoms with van der Waals surface area (Å²) in [6.07, 6.45) is 2.12. The van der Waals surface area contributed by atoms with Crippen molar-refractivity contribution in [3.05, 3.63) is 89.1 Å². The van der Waals surface area contributed by atoms with Gasteiger partial charge in [-0.15, -0.1) is 0 Å². The summed E-state index contributed by atoms with van der Waals surface area (Å²) >= 11 is 0. The van der Waals surface area contributed by atoms with E-state index >= 15 is 0 Å². The zero-order valence-corrected chi connectivity index (χ0v) is 16.5. The van der Waals surface area contributed by atoms with Gasteiger partial charge in [-0.05, 0) is 41.3 Å². The Hall–Kier alpha value is -3.71. The molecule has 1 heterocycles. The number of anilines is 1. The molecule has 2 aliphatic rings. The Bertz CT molecular complexity index is 1270. The van der Waals surface area contributed by atoms with Crippen LogP contribution in [0.25, 0.3) is 10.8 Å². The summed E-state index contributed by atoms with van der Waals surface area (Å²) in [5.74, 6) is -0.193. The minimum Gasteiger partial charge on any atom is -0.294 e. The third kappa shape index (κ3) is 2.91. The Kier molecular flexibility index (Phi) is 4.44. The SMILES string of the molecule is N#Cc1ccccc1N1C(=O)CC(c2ccc3ccccc3c2)C2=C1CCCC2=O. The zero-order valence-electron chi connectivity index (χ0n) is 16.5. The number of benzene rings is 3. The van der Waals surface area contributed by atoms with Crippen molar-refractivity contribution in [3.63, 3.8) is 0 Å². The first-order valence-electron chi connectivity index (χ1n) is 10.2. The average molecular weight is 392 g/mol. The van der Waals surface area contributed by atoms with Gasteiger partial charge in [0.05, 0.1) is 11.3 Å². The molecule has 0 bridgehead atoms. The van der Waals surface area contributed by atoms with Gasteiger partial charge in [0.15, 0.2) is 5.78 Å². The van der Waals surface area contributed by atoms with Crippen LogP contribution in [0.2, 0.25) is 0 Å². The number of amides is 1. The van der Waals surface area contributed by atoms with Crippen molar-refractivity contribution in [1.29, 1.82) is 5.26 Å². The molecule has 3 aromatic carbocycles. The first kappa shape index (κ1) is 18.3. The molecule has 0 fully saturated rings. The number of nitrogens with zero attached hydrogens (tertiary/aromatic N) is 2. The first-order chi connectivity index (χ1) is 14.7. The molecule has 0 aromatic heterocycles. The van der Waals surface area contributed by atoms with Gasteiger partial charge in [0.2, 0.25) is 5.91 Å². The fraction of sp³-hybridized carbons (Fsp3) is 0.192. The second-order valence-corrected chi connectivity index (χ2v) is 7.86.